The standard InChI is InChI=1S/C8H7ClF2N/c1-2-6-3-4-7(12-5-6)8(9,10)11/h3-5H,1-2H2. The van der Waals surface area contributed by atoms with Gasteiger partial charge in [0.05, 0.1) is 0 Å². The largest absolute Gasteiger partial charge is 0.364 e. The molecule has 0 fully saturated rings. The van der Waals surface area contributed by atoms with Gasteiger partial charge in [-0.15, -0.1) is 0 Å². The lowest BCUT2D eigenvalue weighted by Crippen LogP contribution is -2.05. The summed E-state index contributed by atoms with van der Waals surface area (Å²) in [4.78, 5) is 3.50. The van der Waals surface area contributed by atoms with Gasteiger partial charge in [0.25, 0.3) is 0 Å². The minimum atomic E-state index is -3.38. The normalized spacial score (nSPS) is 11.7. The van der Waals surface area contributed by atoms with Gasteiger partial charge in [-0.05, 0) is 36.6 Å². The third kappa shape index (κ3) is 2.14. The first kappa shape index (κ1) is 9.39. The Morgan fingerprint density at radius 1 is 1.50 bits per heavy atom. The molecule has 0 saturated heterocycles. The molecule has 1 rings (SSSR count). The number of hydrogen-bond donors (Lipinski definition) is 0. The van der Waals surface area contributed by atoms with Crippen LogP contribution in [0.3, 0.4) is 0 Å². The summed E-state index contributed by atoms with van der Waals surface area (Å²) in [6, 6.07) is 2.74. The SMILES string of the molecule is [CH2]Cc1ccc(C(F)(F)Cl)nc1. The molecule has 0 saturated carbocycles. The predicted molar refractivity (Wildman–Crippen MR) is 43.0 cm³/mol. The van der Waals surface area contributed by atoms with E-state index in [1.807, 2.05) is 0 Å². The molecule has 0 aliphatic carbocycles. The Labute approximate surface area is 74.4 Å². The molecule has 0 bridgehead atoms. The fourth-order valence-electron chi connectivity index (χ4n) is 0.740. The van der Waals surface area contributed by atoms with Gasteiger partial charge in [-0.25, -0.2) is 0 Å². The van der Waals surface area contributed by atoms with Crippen LogP contribution < -0.4 is 0 Å². The number of nitrogens with zero attached hydrogens (tertiary/aromatic N) is 1. The molecule has 4 heteroatoms. The van der Waals surface area contributed by atoms with Crippen LogP contribution in [-0.4, -0.2) is 4.98 Å². The molecule has 0 unspecified atom stereocenters. The molecule has 1 radical (unpaired) electrons. The Morgan fingerprint density at radius 2 is 2.17 bits per heavy atom. The molecule has 0 spiro atoms. The molecule has 65 valence electrons. The van der Waals surface area contributed by atoms with Gasteiger partial charge in [0.1, 0.15) is 5.69 Å². The second-order valence-corrected chi connectivity index (χ2v) is 2.77. The van der Waals surface area contributed by atoms with E-state index in [1.165, 1.54) is 18.3 Å². The molecule has 1 aromatic heterocycles. The van der Waals surface area contributed by atoms with E-state index in [0.717, 1.165) is 5.56 Å². The van der Waals surface area contributed by atoms with Gasteiger partial charge < -0.3 is 0 Å². The smallest absolute Gasteiger partial charge is 0.253 e. The summed E-state index contributed by atoms with van der Waals surface area (Å²) >= 11 is 4.74. The maximum Gasteiger partial charge on any atom is 0.364 e. The minimum absolute atomic E-state index is 0.429. The molecule has 1 nitrogen and oxygen atoms in total. The van der Waals surface area contributed by atoms with Crippen molar-refractivity contribution in [2.45, 2.75) is 11.8 Å². The van der Waals surface area contributed by atoms with Gasteiger partial charge in [0, 0.05) is 6.20 Å². The summed E-state index contributed by atoms with van der Waals surface area (Å²) in [5, 5.41) is -3.38. The van der Waals surface area contributed by atoms with Crippen molar-refractivity contribution in [3.63, 3.8) is 0 Å². The number of hydrogen-bond acceptors (Lipinski definition) is 1. The van der Waals surface area contributed by atoms with E-state index in [4.69, 9.17) is 11.6 Å². The number of halogens is 3. The van der Waals surface area contributed by atoms with Crippen LogP contribution in [-0.2, 0) is 11.8 Å². The molecule has 0 aromatic carbocycles. The van der Waals surface area contributed by atoms with E-state index in [0.29, 0.717) is 6.42 Å². The first-order valence-corrected chi connectivity index (χ1v) is 3.73. The highest BCUT2D eigenvalue weighted by Gasteiger charge is 2.29. The summed E-state index contributed by atoms with van der Waals surface area (Å²) < 4.78 is 24.8. The van der Waals surface area contributed by atoms with Crippen LogP contribution >= 0.6 is 11.6 Å². The fourth-order valence-corrected chi connectivity index (χ4v) is 0.852. The van der Waals surface area contributed by atoms with Crippen LogP contribution in [0.4, 0.5) is 8.78 Å². The molecular formula is C8H7ClF2N. The first-order chi connectivity index (χ1) is 5.54. The van der Waals surface area contributed by atoms with Crippen LogP contribution in [0, 0.1) is 6.92 Å². The summed E-state index contributed by atoms with van der Waals surface area (Å²) in [6.45, 7) is 3.59. The van der Waals surface area contributed by atoms with Crippen LogP contribution in [0.1, 0.15) is 11.3 Å². The maximum atomic E-state index is 12.4. The number of rotatable bonds is 2. The Bertz CT molecular complexity index is 253. The van der Waals surface area contributed by atoms with Crippen molar-refractivity contribution in [1.29, 1.82) is 0 Å². The zero-order chi connectivity index (χ0) is 9.19. The van der Waals surface area contributed by atoms with E-state index in [2.05, 4.69) is 11.9 Å². The number of aromatic nitrogens is 1. The van der Waals surface area contributed by atoms with Gasteiger partial charge in [0.2, 0.25) is 0 Å². The lowest BCUT2D eigenvalue weighted by molar-refractivity contribution is 0.0900. The number of alkyl halides is 3. The minimum Gasteiger partial charge on any atom is -0.253 e. The topological polar surface area (TPSA) is 12.9 Å². The Hall–Kier alpha value is -0.700. The first-order valence-electron chi connectivity index (χ1n) is 3.35. The molecule has 1 aromatic rings. The van der Waals surface area contributed by atoms with Gasteiger partial charge in [0.15, 0.2) is 0 Å². The van der Waals surface area contributed by atoms with Crippen molar-refractivity contribution in [3.8, 4) is 0 Å². The van der Waals surface area contributed by atoms with Crippen molar-refractivity contribution < 1.29 is 8.78 Å². The maximum absolute atomic E-state index is 12.4. The Balaban J connectivity index is 2.93. The highest BCUT2D eigenvalue weighted by Crippen LogP contribution is 2.30. The fraction of sp³-hybridized carbons (Fsp3) is 0.250. The average molecular weight is 191 g/mol. The Kier molecular flexibility index (Phi) is 2.62. The van der Waals surface area contributed by atoms with Gasteiger partial charge in [-0.3, -0.25) is 4.98 Å². The van der Waals surface area contributed by atoms with Crippen molar-refractivity contribution in [2.24, 2.45) is 0 Å². The third-order valence-corrected chi connectivity index (χ3v) is 1.60. The quantitative estimate of drug-likeness (QED) is 0.654. The third-order valence-electron chi connectivity index (χ3n) is 1.40. The van der Waals surface area contributed by atoms with E-state index in [-0.39, 0.29) is 0 Å². The monoisotopic (exact) mass is 190 g/mol. The summed E-state index contributed by atoms with van der Waals surface area (Å²) in [5.74, 6) is 0. The summed E-state index contributed by atoms with van der Waals surface area (Å²) in [7, 11) is 0. The molecule has 0 N–H and O–H groups in total. The van der Waals surface area contributed by atoms with Crippen LogP contribution in [0.15, 0.2) is 18.3 Å². The highest BCUT2D eigenvalue weighted by molar-refractivity contribution is 6.21. The molecule has 1 heterocycles. The van der Waals surface area contributed by atoms with E-state index in [1.54, 1.807) is 0 Å². The lowest BCUT2D eigenvalue weighted by Gasteiger charge is -2.06. The molecule has 0 aliphatic heterocycles. The van der Waals surface area contributed by atoms with Crippen LogP contribution in [0.25, 0.3) is 0 Å². The van der Waals surface area contributed by atoms with E-state index >= 15 is 0 Å². The van der Waals surface area contributed by atoms with Crippen LogP contribution in [0.5, 0.6) is 0 Å². The van der Waals surface area contributed by atoms with Crippen molar-refractivity contribution >= 4 is 11.6 Å². The molecule has 0 aliphatic rings. The zero-order valence-corrected chi connectivity index (χ0v) is 6.98. The predicted octanol–water partition coefficient (Wildman–Crippen LogP) is 2.75. The highest BCUT2D eigenvalue weighted by atomic mass is 35.5. The second-order valence-electron chi connectivity index (χ2n) is 2.30. The lowest BCUT2D eigenvalue weighted by atomic mass is 10.2. The molecule has 0 atom stereocenters. The van der Waals surface area contributed by atoms with Gasteiger partial charge >= 0.3 is 5.38 Å². The summed E-state index contributed by atoms with van der Waals surface area (Å²) in [6.07, 6.45) is 1.87. The second kappa shape index (κ2) is 3.35. The molecular weight excluding hydrogens is 184 g/mol. The van der Waals surface area contributed by atoms with Gasteiger partial charge in [-0.2, -0.15) is 8.78 Å². The van der Waals surface area contributed by atoms with Crippen molar-refractivity contribution in [1.82, 2.24) is 4.98 Å². The average Bonchev–Trinajstić information content (AvgIpc) is 2.03. The van der Waals surface area contributed by atoms with E-state index < -0.39 is 11.1 Å². The van der Waals surface area contributed by atoms with Gasteiger partial charge in [-0.1, -0.05) is 6.07 Å². The van der Waals surface area contributed by atoms with Crippen molar-refractivity contribution in [3.05, 3.63) is 36.5 Å². The molecule has 0 amide bonds. The number of pyridine rings is 1. The zero-order valence-electron chi connectivity index (χ0n) is 6.23. The Morgan fingerprint density at radius 3 is 2.50 bits per heavy atom. The summed E-state index contributed by atoms with van der Waals surface area (Å²) in [5.41, 5.74) is 0.376. The molecule has 12 heavy (non-hydrogen) atoms. The van der Waals surface area contributed by atoms with Crippen LogP contribution in [0.2, 0.25) is 0 Å². The van der Waals surface area contributed by atoms with E-state index in [9.17, 15) is 8.78 Å². The van der Waals surface area contributed by atoms with Crippen molar-refractivity contribution in [2.75, 3.05) is 0 Å².